The van der Waals surface area contributed by atoms with Gasteiger partial charge in [-0.3, -0.25) is 14.4 Å². The summed E-state index contributed by atoms with van der Waals surface area (Å²) in [6.45, 7) is 3.38. The largest absolute Gasteiger partial charge is 0.480 e. The van der Waals surface area contributed by atoms with Crippen LogP contribution in [0.3, 0.4) is 0 Å². The predicted molar refractivity (Wildman–Crippen MR) is 208 cm³/mol. The van der Waals surface area contributed by atoms with E-state index in [-0.39, 0.29) is 24.5 Å². The average Bonchev–Trinajstić information content (AvgIpc) is 3.11. The molecule has 0 bridgehead atoms. The van der Waals surface area contributed by atoms with E-state index in [1.54, 1.807) is 0 Å². The monoisotopic (exact) mass is 717 g/mol. The number of unbranched alkanes of at least 4 members (excludes halogenated alkanes) is 15. The molecule has 0 fully saturated rings. The van der Waals surface area contributed by atoms with Crippen molar-refractivity contribution in [1.29, 1.82) is 0 Å². The van der Waals surface area contributed by atoms with E-state index in [1.807, 2.05) is 0 Å². The number of carbonyl (C=O) groups excluding carboxylic acids is 3. The van der Waals surface area contributed by atoms with E-state index in [2.05, 4.69) is 73.1 Å². The van der Waals surface area contributed by atoms with Crippen molar-refractivity contribution in [2.24, 2.45) is 0 Å². The zero-order valence-corrected chi connectivity index (χ0v) is 32.1. The molecule has 0 spiro atoms. The van der Waals surface area contributed by atoms with Gasteiger partial charge >= 0.3 is 11.9 Å². The summed E-state index contributed by atoms with van der Waals surface area (Å²) in [5.74, 6) is -2.37. The van der Waals surface area contributed by atoms with Crippen molar-refractivity contribution in [2.75, 3.05) is 13.2 Å². The highest BCUT2D eigenvalue weighted by molar-refractivity contribution is 5.87. The fraction of sp³-hybridized carbons (Fsp3) is 0.714. The van der Waals surface area contributed by atoms with Gasteiger partial charge in [0, 0.05) is 12.8 Å². The Labute approximate surface area is 309 Å². The first-order chi connectivity index (χ1) is 24.8. The van der Waals surface area contributed by atoms with Crippen LogP contribution in [0.2, 0.25) is 0 Å². The van der Waals surface area contributed by atoms with Crippen LogP contribution >= 0.6 is 0 Å². The third-order valence-corrected chi connectivity index (χ3v) is 8.51. The molecule has 0 radical (unpaired) electrons. The summed E-state index contributed by atoms with van der Waals surface area (Å²) in [5.41, 5.74) is 0. The second-order valence-electron chi connectivity index (χ2n) is 13.4. The van der Waals surface area contributed by atoms with Crippen LogP contribution in [-0.4, -0.2) is 59.3 Å². The lowest BCUT2D eigenvalue weighted by Gasteiger charge is -2.15. The van der Waals surface area contributed by atoms with Crippen LogP contribution in [0.25, 0.3) is 0 Å². The zero-order valence-electron chi connectivity index (χ0n) is 32.1. The van der Waals surface area contributed by atoms with E-state index in [9.17, 15) is 19.2 Å². The number of esters is 1. The van der Waals surface area contributed by atoms with Crippen molar-refractivity contribution in [3.05, 3.63) is 48.6 Å². The Kier molecular flexibility index (Phi) is 34.3. The van der Waals surface area contributed by atoms with Crippen molar-refractivity contribution < 1.29 is 34.1 Å². The number of ether oxygens (including phenoxy) is 1. The second kappa shape index (κ2) is 36.6. The second-order valence-corrected chi connectivity index (χ2v) is 13.4. The van der Waals surface area contributed by atoms with Crippen LogP contribution < -0.4 is 10.6 Å². The molecule has 51 heavy (non-hydrogen) atoms. The van der Waals surface area contributed by atoms with E-state index in [4.69, 9.17) is 14.9 Å². The quantitative estimate of drug-likeness (QED) is 0.0291. The maximum absolute atomic E-state index is 12.7. The molecule has 0 aliphatic rings. The SMILES string of the molecule is CCC/C=C\C/C=C\CCCCCCCC(=O)OC(/C=C\C/C=C\CCCCCC)CCCCCCCCC(=O)NCC(=O)NC(CO)C(=O)O. The molecule has 0 aliphatic carbocycles. The van der Waals surface area contributed by atoms with Crippen molar-refractivity contribution >= 4 is 23.8 Å². The number of aliphatic hydroxyl groups is 1. The number of aliphatic carboxylic acids is 1. The van der Waals surface area contributed by atoms with Crippen LogP contribution in [0.1, 0.15) is 168 Å². The van der Waals surface area contributed by atoms with Gasteiger partial charge in [0.25, 0.3) is 0 Å². The first-order valence-corrected chi connectivity index (χ1v) is 20.0. The van der Waals surface area contributed by atoms with Crippen LogP contribution in [0.15, 0.2) is 48.6 Å². The Morgan fingerprint density at radius 3 is 1.76 bits per heavy atom. The Morgan fingerprint density at radius 2 is 1.16 bits per heavy atom. The van der Waals surface area contributed by atoms with E-state index in [1.165, 1.54) is 44.9 Å². The molecular formula is C42H72N2O7. The highest BCUT2D eigenvalue weighted by atomic mass is 16.5. The maximum Gasteiger partial charge on any atom is 0.328 e. The summed E-state index contributed by atoms with van der Waals surface area (Å²) in [5, 5.41) is 22.5. The molecular weight excluding hydrogens is 644 g/mol. The van der Waals surface area contributed by atoms with Gasteiger partial charge in [0.15, 0.2) is 0 Å². The summed E-state index contributed by atoms with van der Waals surface area (Å²) >= 11 is 0. The van der Waals surface area contributed by atoms with Crippen molar-refractivity contribution in [2.45, 2.75) is 180 Å². The molecule has 0 aromatic carbocycles. The number of carboxylic acids is 1. The summed E-state index contributed by atoms with van der Waals surface area (Å²) in [6.07, 6.45) is 41.5. The van der Waals surface area contributed by atoms with Crippen molar-refractivity contribution in [3.8, 4) is 0 Å². The lowest BCUT2D eigenvalue weighted by atomic mass is 10.1. The minimum absolute atomic E-state index is 0.110. The van der Waals surface area contributed by atoms with Gasteiger partial charge in [0.05, 0.1) is 13.2 Å². The molecule has 0 heterocycles. The van der Waals surface area contributed by atoms with E-state index in [0.29, 0.717) is 19.3 Å². The summed E-state index contributed by atoms with van der Waals surface area (Å²) in [4.78, 5) is 47.3. The fourth-order valence-electron chi connectivity index (χ4n) is 5.41. The van der Waals surface area contributed by atoms with Crippen LogP contribution in [0.5, 0.6) is 0 Å². The predicted octanol–water partition coefficient (Wildman–Crippen LogP) is 9.20. The molecule has 0 saturated carbocycles. The van der Waals surface area contributed by atoms with Crippen LogP contribution in [0.4, 0.5) is 0 Å². The van der Waals surface area contributed by atoms with Gasteiger partial charge in [0.1, 0.15) is 12.1 Å². The van der Waals surface area contributed by atoms with Gasteiger partial charge in [0.2, 0.25) is 11.8 Å². The lowest BCUT2D eigenvalue weighted by Crippen LogP contribution is -2.47. The fourth-order valence-corrected chi connectivity index (χ4v) is 5.41. The molecule has 2 unspecified atom stereocenters. The smallest absolute Gasteiger partial charge is 0.328 e. The van der Waals surface area contributed by atoms with Gasteiger partial charge in [-0.2, -0.15) is 0 Å². The van der Waals surface area contributed by atoms with Crippen molar-refractivity contribution in [3.63, 3.8) is 0 Å². The normalized spacial score (nSPS) is 13.0. The van der Waals surface area contributed by atoms with Gasteiger partial charge in [-0.05, 0) is 76.7 Å². The summed E-state index contributed by atoms with van der Waals surface area (Å²) in [7, 11) is 0. The topological polar surface area (TPSA) is 142 Å². The Morgan fingerprint density at radius 1 is 0.608 bits per heavy atom. The van der Waals surface area contributed by atoms with Gasteiger partial charge in [-0.15, -0.1) is 0 Å². The molecule has 4 N–H and O–H groups in total. The molecule has 292 valence electrons. The minimum Gasteiger partial charge on any atom is -0.480 e. The third-order valence-electron chi connectivity index (χ3n) is 8.51. The zero-order chi connectivity index (χ0) is 37.6. The number of hydrogen-bond acceptors (Lipinski definition) is 6. The molecule has 0 aromatic rings. The van der Waals surface area contributed by atoms with E-state index < -0.39 is 24.5 Å². The van der Waals surface area contributed by atoms with Gasteiger partial charge in [-0.25, -0.2) is 4.79 Å². The Balaban J connectivity index is 4.35. The van der Waals surface area contributed by atoms with Gasteiger partial charge < -0.3 is 25.6 Å². The highest BCUT2D eigenvalue weighted by Gasteiger charge is 2.18. The molecule has 0 aromatic heterocycles. The molecule has 0 saturated heterocycles. The van der Waals surface area contributed by atoms with Crippen LogP contribution in [0, 0.1) is 0 Å². The lowest BCUT2D eigenvalue weighted by molar-refractivity contribution is -0.147. The third kappa shape index (κ3) is 33.7. The number of nitrogens with one attached hydrogen (secondary N) is 2. The summed E-state index contributed by atoms with van der Waals surface area (Å²) in [6, 6.07) is -1.38. The number of rotatable bonds is 35. The standard InChI is InChI=1S/C42H72N2O7/c1-3-5-7-9-11-13-14-15-16-18-20-26-30-34-41(48)51-37(31-27-23-19-17-12-10-8-6-4-2)32-28-24-21-22-25-29-33-39(46)43-35-40(47)44-38(36-45)42(49)50/h7,9,13-14,17,19,27,31,37-38,45H,3-6,8,10-12,15-16,18,20-26,28-30,32-36H2,1-2H3,(H,43,46)(H,44,47)(H,49,50)/b9-7-,14-13-,19-17-,31-27-. The van der Waals surface area contributed by atoms with Crippen LogP contribution in [-0.2, 0) is 23.9 Å². The maximum atomic E-state index is 12.7. The first-order valence-electron chi connectivity index (χ1n) is 20.0. The first kappa shape index (κ1) is 47.8. The average molecular weight is 717 g/mol. The summed E-state index contributed by atoms with van der Waals surface area (Å²) < 4.78 is 5.90. The molecule has 9 nitrogen and oxygen atoms in total. The molecule has 2 atom stereocenters. The molecule has 0 rings (SSSR count). The Hall–Kier alpha value is -3.20. The number of aliphatic hydroxyl groups excluding tert-OH is 1. The number of carboxylic acid groups (broad SMARTS) is 1. The number of allylic oxidation sites excluding steroid dienone is 7. The molecule has 2 amide bonds. The van der Waals surface area contributed by atoms with E-state index in [0.717, 1.165) is 89.9 Å². The Bertz CT molecular complexity index is 1010. The van der Waals surface area contributed by atoms with E-state index >= 15 is 0 Å². The minimum atomic E-state index is -1.38. The molecule has 9 heteroatoms. The molecule has 0 aliphatic heterocycles. The number of hydrogen-bond donors (Lipinski definition) is 4. The number of carbonyl (C=O) groups is 4. The van der Waals surface area contributed by atoms with Gasteiger partial charge in [-0.1, -0.05) is 127 Å². The van der Waals surface area contributed by atoms with Crippen molar-refractivity contribution in [1.82, 2.24) is 10.6 Å². The number of amides is 2. The highest BCUT2D eigenvalue weighted by Crippen LogP contribution is 2.15.